The van der Waals surface area contributed by atoms with Crippen LogP contribution in [0.4, 0.5) is 0 Å². The molecular formula is C16H18ClN5O2. The molecule has 5 N–H and O–H groups in total. The van der Waals surface area contributed by atoms with E-state index in [2.05, 4.69) is 10.2 Å². The summed E-state index contributed by atoms with van der Waals surface area (Å²) in [6.45, 7) is 0.972. The fourth-order valence-corrected chi connectivity index (χ4v) is 1.79. The number of allylic oxidation sites excluding steroid dienone is 1. The Hall–Kier alpha value is -3.06. The van der Waals surface area contributed by atoms with Crippen LogP contribution in [-0.2, 0) is 4.79 Å². The first-order chi connectivity index (χ1) is 11.4. The van der Waals surface area contributed by atoms with Gasteiger partial charge in [-0.25, -0.2) is 0 Å². The first kappa shape index (κ1) is 19.0. The molecule has 2 aromatic rings. The highest BCUT2D eigenvalue weighted by molar-refractivity contribution is 6.30. The molecule has 0 amide bonds. The van der Waals surface area contributed by atoms with Crippen LogP contribution in [0, 0.1) is 0 Å². The van der Waals surface area contributed by atoms with E-state index < -0.39 is 5.97 Å². The first-order valence-electron chi connectivity index (χ1n) is 6.85. The monoisotopic (exact) mass is 347 g/mol. The van der Waals surface area contributed by atoms with E-state index in [-0.39, 0.29) is 5.96 Å². The van der Waals surface area contributed by atoms with Crippen molar-refractivity contribution in [1.82, 2.24) is 4.57 Å². The number of hydrazone groups is 1. The number of nitrogens with one attached hydrogen (secondary N) is 1. The van der Waals surface area contributed by atoms with Gasteiger partial charge in [-0.2, -0.15) is 0 Å². The number of carboxylic acid groups (broad SMARTS) is 1. The molecule has 0 aliphatic carbocycles. The third-order valence-electron chi connectivity index (χ3n) is 2.52. The standard InChI is InChI=1S/C14H14ClN5.C2H4O2/c15-11-5-7-13(8-6-11)20-10-2-4-12(20)3-1-9-18-19-14(16)17;1-2(3)4/h1-10H,(H4,16,17,19);1H3,(H,3,4)/b3-1+,18-9+;. The Morgan fingerprint density at radius 2 is 1.92 bits per heavy atom. The van der Waals surface area contributed by atoms with Crippen molar-refractivity contribution in [1.29, 1.82) is 0 Å². The summed E-state index contributed by atoms with van der Waals surface area (Å²) >= 11 is 5.89. The minimum Gasteiger partial charge on any atom is -0.550 e. The van der Waals surface area contributed by atoms with E-state index in [0.717, 1.165) is 18.3 Å². The Morgan fingerprint density at radius 3 is 2.50 bits per heavy atom. The predicted molar refractivity (Wildman–Crippen MR) is 93.3 cm³/mol. The molecule has 0 fully saturated rings. The lowest BCUT2D eigenvalue weighted by atomic mass is 10.3. The van der Waals surface area contributed by atoms with Crippen molar-refractivity contribution in [3.8, 4) is 5.69 Å². The summed E-state index contributed by atoms with van der Waals surface area (Å²) < 4.78 is 2.04. The molecule has 1 heterocycles. The summed E-state index contributed by atoms with van der Waals surface area (Å²) in [4.78, 5) is 8.89. The summed E-state index contributed by atoms with van der Waals surface area (Å²) in [6.07, 6.45) is 7.36. The fourth-order valence-electron chi connectivity index (χ4n) is 1.67. The number of hydrogen-bond acceptors (Lipinski definition) is 3. The highest BCUT2D eigenvalue weighted by Crippen LogP contribution is 2.16. The van der Waals surface area contributed by atoms with Crippen molar-refractivity contribution >= 4 is 35.8 Å². The average molecular weight is 348 g/mol. The van der Waals surface area contributed by atoms with E-state index in [1.807, 2.05) is 59.3 Å². The zero-order chi connectivity index (χ0) is 17.9. The van der Waals surface area contributed by atoms with Crippen LogP contribution >= 0.6 is 11.6 Å². The molecule has 2 rings (SSSR count). The molecular weight excluding hydrogens is 330 g/mol. The Balaban J connectivity index is 0.000000648. The van der Waals surface area contributed by atoms with Crippen LogP contribution in [0.2, 0.25) is 5.02 Å². The quantitative estimate of drug-likeness (QED) is 0.382. The zero-order valence-corrected chi connectivity index (χ0v) is 13.8. The SMILES string of the molecule is CC(=O)[O-].NC(N)=N/[NH+]=C/C=C/c1cccn1-c1ccc(Cl)cc1. The van der Waals surface area contributed by atoms with Crippen LogP contribution in [0.15, 0.2) is 53.8 Å². The van der Waals surface area contributed by atoms with Crippen LogP contribution in [0.1, 0.15) is 12.6 Å². The smallest absolute Gasteiger partial charge is 0.256 e. The maximum Gasteiger partial charge on any atom is 0.256 e. The number of nitrogens with two attached hydrogens (primary N) is 2. The normalized spacial score (nSPS) is 10.4. The minimum absolute atomic E-state index is 0.0146. The second-order valence-electron chi connectivity index (χ2n) is 4.46. The highest BCUT2D eigenvalue weighted by atomic mass is 35.5. The van der Waals surface area contributed by atoms with Gasteiger partial charge in [0.2, 0.25) is 0 Å². The molecule has 0 aliphatic heterocycles. The van der Waals surface area contributed by atoms with E-state index in [1.54, 1.807) is 6.21 Å². The molecule has 0 saturated heterocycles. The van der Waals surface area contributed by atoms with Gasteiger partial charge in [0.05, 0.1) is 0 Å². The van der Waals surface area contributed by atoms with Gasteiger partial charge >= 0.3 is 0 Å². The van der Waals surface area contributed by atoms with E-state index in [9.17, 15) is 0 Å². The summed E-state index contributed by atoms with van der Waals surface area (Å²) in [6, 6.07) is 11.6. The van der Waals surface area contributed by atoms with Gasteiger partial charge in [0.15, 0.2) is 6.21 Å². The number of halogens is 1. The average Bonchev–Trinajstić information content (AvgIpc) is 2.95. The Labute approximate surface area is 144 Å². The van der Waals surface area contributed by atoms with E-state index in [1.165, 1.54) is 0 Å². The fraction of sp³-hybridized carbons (Fsp3) is 0.0625. The lowest BCUT2D eigenvalue weighted by molar-refractivity contribution is -0.456. The molecule has 126 valence electrons. The number of carbonyl (C=O) groups is 1. The third kappa shape index (κ3) is 7.28. The Morgan fingerprint density at radius 1 is 1.29 bits per heavy atom. The number of aliphatic carboxylic acids is 1. The van der Waals surface area contributed by atoms with E-state index in [4.69, 9.17) is 33.0 Å². The van der Waals surface area contributed by atoms with Crippen molar-refractivity contribution in [3.63, 3.8) is 0 Å². The number of aromatic nitrogens is 1. The van der Waals surface area contributed by atoms with Crippen LogP contribution in [0.25, 0.3) is 11.8 Å². The molecule has 7 nitrogen and oxygen atoms in total. The van der Waals surface area contributed by atoms with Crippen LogP contribution in [-0.4, -0.2) is 22.7 Å². The molecule has 0 saturated carbocycles. The van der Waals surface area contributed by atoms with Gasteiger partial charge in [-0.3, -0.25) is 0 Å². The molecule has 0 radical (unpaired) electrons. The number of benzene rings is 1. The molecule has 0 bridgehead atoms. The molecule has 8 heteroatoms. The van der Waals surface area contributed by atoms with Crippen molar-refractivity contribution in [2.24, 2.45) is 16.6 Å². The number of rotatable bonds is 4. The van der Waals surface area contributed by atoms with Gasteiger partial charge in [0.25, 0.3) is 5.96 Å². The van der Waals surface area contributed by atoms with Crippen LogP contribution in [0.5, 0.6) is 0 Å². The maximum atomic E-state index is 8.89. The second kappa shape index (κ2) is 9.86. The number of guanidine groups is 1. The summed E-state index contributed by atoms with van der Waals surface area (Å²) in [5, 5.41) is 15.8. The molecule has 1 aromatic heterocycles. The van der Waals surface area contributed by atoms with Gasteiger partial charge in [0.1, 0.15) is 0 Å². The number of hydrogen-bond donors (Lipinski definition) is 3. The summed E-state index contributed by atoms with van der Waals surface area (Å²) in [5.74, 6) is -1.10. The molecule has 24 heavy (non-hydrogen) atoms. The van der Waals surface area contributed by atoms with Crippen LogP contribution in [0.3, 0.4) is 0 Å². The number of carboxylic acids is 1. The molecule has 0 atom stereocenters. The topological polar surface area (TPSA) is 123 Å². The van der Waals surface area contributed by atoms with E-state index in [0.29, 0.717) is 5.02 Å². The lowest BCUT2D eigenvalue weighted by Crippen LogP contribution is -2.63. The number of carbonyl (C=O) groups excluding carboxylic acids is 1. The first-order valence-corrected chi connectivity index (χ1v) is 7.23. The Bertz CT molecular complexity index is 740. The maximum absolute atomic E-state index is 8.89. The van der Waals surface area contributed by atoms with Gasteiger partial charge in [0, 0.05) is 39.7 Å². The lowest BCUT2D eigenvalue weighted by Gasteiger charge is -2.05. The summed E-state index contributed by atoms with van der Waals surface area (Å²) in [7, 11) is 0. The number of nitrogens with zero attached hydrogens (tertiary/aromatic N) is 2. The van der Waals surface area contributed by atoms with Crippen molar-refractivity contribution < 1.29 is 15.0 Å². The second-order valence-corrected chi connectivity index (χ2v) is 4.90. The highest BCUT2D eigenvalue weighted by Gasteiger charge is 2.00. The Kier molecular flexibility index (Phi) is 7.80. The van der Waals surface area contributed by atoms with Gasteiger partial charge in [-0.1, -0.05) is 11.6 Å². The predicted octanol–water partition coefficient (Wildman–Crippen LogP) is -0.760. The molecule has 0 spiro atoms. The minimum atomic E-state index is -1.08. The third-order valence-corrected chi connectivity index (χ3v) is 2.77. The zero-order valence-electron chi connectivity index (χ0n) is 13.0. The van der Waals surface area contributed by atoms with E-state index >= 15 is 0 Å². The van der Waals surface area contributed by atoms with Crippen LogP contribution < -0.4 is 21.7 Å². The molecule has 0 aliphatic rings. The molecule has 1 aromatic carbocycles. The molecule has 0 unspecified atom stereocenters. The largest absolute Gasteiger partial charge is 0.550 e. The van der Waals surface area contributed by atoms with Gasteiger partial charge in [-0.05, 0) is 49.4 Å². The van der Waals surface area contributed by atoms with Gasteiger partial charge in [-0.15, -0.1) is 5.10 Å². The van der Waals surface area contributed by atoms with Crippen molar-refractivity contribution in [3.05, 3.63) is 59.4 Å². The van der Waals surface area contributed by atoms with Crippen molar-refractivity contribution in [2.45, 2.75) is 6.92 Å². The summed E-state index contributed by atoms with van der Waals surface area (Å²) in [5.41, 5.74) is 12.4. The van der Waals surface area contributed by atoms with Gasteiger partial charge < -0.3 is 25.9 Å². The van der Waals surface area contributed by atoms with Crippen molar-refractivity contribution in [2.75, 3.05) is 0 Å².